The van der Waals surface area contributed by atoms with E-state index in [4.69, 9.17) is 13.3 Å². The molecule has 0 bridgehead atoms. The molecule has 28 valence electrons. The molecule has 0 spiro atoms. The molecular formula is H2K2O3S. The van der Waals surface area contributed by atoms with Crippen LogP contribution in [0, 0.1) is 0 Å². The van der Waals surface area contributed by atoms with E-state index in [1.54, 1.807) is 0 Å². The van der Waals surface area contributed by atoms with E-state index < -0.39 is 11.4 Å². The van der Waals surface area contributed by atoms with Crippen LogP contribution in [0.3, 0.4) is 0 Å². The van der Waals surface area contributed by atoms with Gasteiger partial charge in [0, 0.05) is 0 Å². The van der Waals surface area contributed by atoms with Crippen LogP contribution in [0.15, 0.2) is 0 Å². The summed E-state index contributed by atoms with van der Waals surface area (Å²) in [5.74, 6) is 0. The SMILES string of the molecule is O=S([O-])O.[H-].[K+].[K+]. The van der Waals surface area contributed by atoms with Crippen molar-refractivity contribution in [2.24, 2.45) is 0 Å². The van der Waals surface area contributed by atoms with Crippen LogP contribution >= 0.6 is 0 Å². The largest absolute Gasteiger partial charge is 1.00 e. The second-order valence-corrected chi connectivity index (χ2v) is 0.651. The molecule has 0 aliphatic heterocycles. The molecule has 0 rings (SSSR count). The third kappa shape index (κ3) is 26.4. The summed E-state index contributed by atoms with van der Waals surface area (Å²) in [4.78, 5) is 0. The summed E-state index contributed by atoms with van der Waals surface area (Å²) in [6, 6.07) is 0. The van der Waals surface area contributed by atoms with Crippen LogP contribution in [-0.4, -0.2) is 13.3 Å². The minimum atomic E-state index is -2.86. The Balaban J connectivity index is -0.0000000150. The Hall–Kier alpha value is 3.34. The molecule has 0 aromatic heterocycles. The second-order valence-electron chi connectivity index (χ2n) is 0.217. The second kappa shape index (κ2) is 11.2. The molecule has 0 fully saturated rings. The number of hydrogen-bond acceptors (Lipinski definition) is 2. The van der Waals surface area contributed by atoms with Gasteiger partial charge in [-0.15, -0.1) is 0 Å². The molecule has 0 amide bonds. The van der Waals surface area contributed by atoms with Gasteiger partial charge in [0.2, 0.25) is 0 Å². The molecule has 0 aliphatic carbocycles. The average molecular weight is 160 g/mol. The number of rotatable bonds is 0. The fourth-order valence-electron chi connectivity index (χ4n) is 0. The van der Waals surface area contributed by atoms with E-state index in [0.29, 0.717) is 0 Å². The Morgan fingerprint density at radius 2 is 1.67 bits per heavy atom. The maximum atomic E-state index is 8.56. The van der Waals surface area contributed by atoms with Gasteiger partial charge in [-0.1, -0.05) is 0 Å². The predicted octanol–water partition coefficient (Wildman–Crippen LogP) is -6.54. The minimum absolute atomic E-state index is 0. The zero-order valence-electron chi connectivity index (χ0n) is 4.67. The van der Waals surface area contributed by atoms with Gasteiger partial charge in [-0.25, -0.2) is 4.21 Å². The Morgan fingerprint density at radius 1 is 1.67 bits per heavy atom. The molecule has 0 heterocycles. The van der Waals surface area contributed by atoms with Gasteiger partial charge in [0.15, 0.2) is 0 Å². The molecule has 1 unspecified atom stereocenters. The molecule has 6 heteroatoms. The molecule has 0 aromatic carbocycles. The fourth-order valence-corrected chi connectivity index (χ4v) is 0. The fraction of sp³-hybridized carbons (Fsp3) is 0. The van der Waals surface area contributed by atoms with Crippen molar-refractivity contribution >= 4 is 11.4 Å². The average Bonchev–Trinajstić information content (AvgIpc) is 0.811. The van der Waals surface area contributed by atoms with Crippen molar-refractivity contribution < 1.29 is 118 Å². The van der Waals surface area contributed by atoms with Crippen LogP contribution in [0.5, 0.6) is 0 Å². The van der Waals surface area contributed by atoms with Crippen molar-refractivity contribution in [3.63, 3.8) is 0 Å². The van der Waals surface area contributed by atoms with Crippen molar-refractivity contribution in [1.29, 1.82) is 0 Å². The molecule has 3 nitrogen and oxygen atoms in total. The summed E-state index contributed by atoms with van der Waals surface area (Å²) in [6.45, 7) is 0. The van der Waals surface area contributed by atoms with Gasteiger partial charge < -0.3 is 10.5 Å². The first-order valence-corrected chi connectivity index (χ1v) is 1.55. The summed E-state index contributed by atoms with van der Waals surface area (Å²) in [7, 11) is 0. The molecule has 0 radical (unpaired) electrons. The predicted molar refractivity (Wildman–Crippen MR) is 12.7 cm³/mol. The van der Waals surface area contributed by atoms with Gasteiger partial charge in [0.25, 0.3) is 0 Å². The van der Waals surface area contributed by atoms with E-state index in [1.165, 1.54) is 0 Å². The first kappa shape index (κ1) is 16.2. The van der Waals surface area contributed by atoms with E-state index in [-0.39, 0.29) is 104 Å². The van der Waals surface area contributed by atoms with Crippen molar-refractivity contribution in [3.05, 3.63) is 0 Å². The Morgan fingerprint density at radius 3 is 1.67 bits per heavy atom. The quantitative estimate of drug-likeness (QED) is 0.283. The van der Waals surface area contributed by atoms with E-state index in [1.807, 2.05) is 0 Å². The standard InChI is InChI=1S/2K.H2O3S.H/c;;1-4(2)3;/h;;(H2,1,2,3);/q2*+1;;-1/p-1. The summed E-state index contributed by atoms with van der Waals surface area (Å²) in [5.41, 5.74) is 0. The van der Waals surface area contributed by atoms with Gasteiger partial charge in [-0.3, -0.25) is 0 Å². The van der Waals surface area contributed by atoms with Crippen molar-refractivity contribution in [1.82, 2.24) is 0 Å². The zero-order chi connectivity index (χ0) is 3.58. The molecular weight excluding hydrogens is 158 g/mol. The van der Waals surface area contributed by atoms with E-state index in [2.05, 4.69) is 0 Å². The van der Waals surface area contributed by atoms with Crippen LogP contribution < -0.4 is 103 Å². The minimum Gasteiger partial charge on any atom is -1.00 e. The van der Waals surface area contributed by atoms with E-state index >= 15 is 0 Å². The third-order valence-electron chi connectivity index (χ3n) is 0. The van der Waals surface area contributed by atoms with Crippen LogP contribution in [0.25, 0.3) is 0 Å². The van der Waals surface area contributed by atoms with E-state index in [0.717, 1.165) is 0 Å². The Kier molecular flexibility index (Phi) is 30.1. The van der Waals surface area contributed by atoms with Crippen molar-refractivity contribution in [2.75, 3.05) is 0 Å². The molecule has 0 saturated carbocycles. The first-order valence-electron chi connectivity index (χ1n) is 0.516. The van der Waals surface area contributed by atoms with Crippen LogP contribution in [0.2, 0.25) is 0 Å². The summed E-state index contributed by atoms with van der Waals surface area (Å²) in [6.07, 6.45) is 0. The molecule has 1 N–H and O–H groups in total. The molecule has 0 saturated heterocycles. The first-order chi connectivity index (χ1) is 1.73. The van der Waals surface area contributed by atoms with Gasteiger partial charge >= 0.3 is 103 Å². The molecule has 1 atom stereocenters. The maximum absolute atomic E-state index is 8.56. The monoisotopic (exact) mass is 160 g/mol. The smallest absolute Gasteiger partial charge is 1.00 e. The topological polar surface area (TPSA) is 60.4 Å². The Labute approximate surface area is 125 Å². The number of hydrogen-bond donors (Lipinski definition) is 1. The van der Waals surface area contributed by atoms with E-state index in [9.17, 15) is 0 Å². The van der Waals surface area contributed by atoms with Crippen LogP contribution in [0.4, 0.5) is 0 Å². The molecule has 0 aromatic rings. The molecule has 6 heavy (non-hydrogen) atoms. The van der Waals surface area contributed by atoms with Gasteiger partial charge in [0.1, 0.15) is 0 Å². The molecule has 0 aliphatic rings. The van der Waals surface area contributed by atoms with Crippen LogP contribution in [0.1, 0.15) is 1.43 Å². The summed E-state index contributed by atoms with van der Waals surface area (Å²) in [5, 5.41) is 0. The third-order valence-corrected chi connectivity index (χ3v) is 0. The van der Waals surface area contributed by atoms with Gasteiger partial charge in [-0.05, 0) is 0 Å². The Bertz CT molecular complexity index is 35.9. The maximum Gasteiger partial charge on any atom is 1.00 e. The van der Waals surface area contributed by atoms with Crippen LogP contribution in [-0.2, 0) is 11.4 Å². The van der Waals surface area contributed by atoms with Gasteiger partial charge in [0.05, 0.1) is 11.4 Å². The summed E-state index contributed by atoms with van der Waals surface area (Å²) < 4.78 is 24.1. The van der Waals surface area contributed by atoms with Crippen molar-refractivity contribution in [2.45, 2.75) is 0 Å². The summed E-state index contributed by atoms with van der Waals surface area (Å²) >= 11 is -2.86. The van der Waals surface area contributed by atoms with Gasteiger partial charge in [-0.2, -0.15) is 0 Å². The van der Waals surface area contributed by atoms with Crippen molar-refractivity contribution in [3.8, 4) is 0 Å². The normalized spacial score (nSPS) is 10.3. The zero-order valence-corrected chi connectivity index (χ0v) is 10.7.